The highest BCUT2D eigenvalue weighted by Gasteiger charge is 2.50. The predicted octanol–water partition coefficient (Wildman–Crippen LogP) is 9.11. The third-order valence-electron chi connectivity index (χ3n) is 16.0. The van der Waals surface area contributed by atoms with Crippen LogP contribution in [0.2, 0.25) is 0 Å². The highest BCUT2D eigenvalue weighted by Crippen LogP contribution is 2.54. The lowest BCUT2D eigenvalue weighted by Gasteiger charge is -2.58. The third kappa shape index (κ3) is 11.7. The summed E-state index contributed by atoms with van der Waals surface area (Å²) in [6.07, 6.45) is 6.89. The van der Waals surface area contributed by atoms with Gasteiger partial charge in [-0.1, -0.05) is 50.2 Å². The minimum atomic E-state index is -4.80. The topological polar surface area (TPSA) is 219 Å². The SMILES string of the molecule is CC(C)c1ccccc1[C@@H]1CN(Cc2ccc(N(C)S(=O)[O-])cc2)CCN1C1CC2(CCN(c3cc(Oc4cnc5[nH]ccc5c4)c(C(=O)NS(=O)(=O)c4ccc(NCC5(F)CCOCC5)c([N+](=O)[O-])c4)cc3F)CC2)C1. The van der Waals surface area contributed by atoms with Crippen LogP contribution in [0.1, 0.15) is 91.4 Å². The van der Waals surface area contributed by atoms with Crippen molar-refractivity contribution in [3.05, 3.63) is 142 Å². The van der Waals surface area contributed by atoms with Crippen LogP contribution in [-0.4, -0.2) is 119 Å². The summed E-state index contributed by atoms with van der Waals surface area (Å²) in [7, 11) is -3.28. The zero-order valence-corrected chi connectivity index (χ0v) is 44.7. The first-order valence-corrected chi connectivity index (χ1v) is 28.4. The van der Waals surface area contributed by atoms with Crippen LogP contribution in [0, 0.1) is 21.3 Å². The Morgan fingerprint density at radius 1 is 1.00 bits per heavy atom. The largest absolute Gasteiger partial charge is 0.755 e. The van der Waals surface area contributed by atoms with Gasteiger partial charge in [-0.05, 0) is 96.2 Å². The van der Waals surface area contributed by atoms with Gasteiger partial charge >= 0.3 is 0 Å². The van der Waals surface area contributed by atoms with Crippen molar-refractivity contribution in [3.63, 3.8) is 0 Å². The van der Waals surface area contributed by atoms with Crippen LogP contribution >= 0.6 is 0 Å². The Bertz CT molecular complexity index is 3290. The number of halogens is 2. The highest BCUT2D eigenvalue weighted by molar-refractivity contribution is 7.90. The lowest BCUT2D eigenvalue weighted by Crippen LogP contribution is -2.60. The molecule has 10 rings (SSSR count). The monoisotopic (exact) mass is 1090 g/mol. The van der Waals surface area contributed by atoms with Crippen LogP contribution in [0.15, 0.2) is 108 Å². The zero-order chi connectivity index (χ0) is 54.2. The van der Waals surface area contributed by atoms with Crippen molar-refractivity contribution in [1.82, 2.24) is 24.5 Å². The number of aromatic nitrogens is 2. The van der Waals surface area contributed by atoms with E-state index in [1.165, 1.54) is 34.7 Å². The number of hydrogen-bond donors (Lipinski definition) is 3. The molecule has 5 heterocycles. The van der Waals surface area contributed by atoms with Crippen LogP contribution in [0.4, 0.5) is 31.5 Å². The second kappa shape index (κ2) is 22.1. The summed E-state index contributed by atoms with van der Waals surface area (Å²) >= 11 is -2.36. The number of rotatable bonds is 17. The molecule has 408 valence electrons. The van der Waals surface area contributed by atoms with Crippen LogP contribution in [0.3, 0.4) is 0 Å². The number of fused-ring (bicyclic) bond motifs is 1. The van der Waals surface area contributed by atoms with Gasteiger partial charge in [0.1, 0.15) is 34.3 Å². The Morgan fingerprint density at radius 3 is 2.45 bits per heavy atom. The number of anilines is 3. The number of nitrogens with zero attached hydrogens (tertiary/aromatic N) is 6. The minimum absolute atomic E-state index is 0.0499. The van der Waals surface area contributed by atoms with E-state index in [0.29, 0.717) is 41.8 Å². The molecular formula is C55H62F2N9O9S2-. The fourth-order valence-corrected chi connectivity index (χ4v) is 12.8. The van der Waals surface area contributed by atoms with E-state index < -0.39 is 59.8 Å². The van der Waals surface area contributed by atoms with Crippen molar-refractivity contribution >= 4 is 61.0 Å². The van der Waals surface area contributed by atoms with E-state index in [-0.39, 0.29) is 66.9 Å². The van der Waals surface area contributed by atoms with E-state index in [9.17, 15) is 32.1 Å². The van der Waals surface area contributed by atoms with Gasteiger partial charge in [0.25, 0.3) is 21.6 Å². The molecule has 1 unspecified atom stereocenters. The van der Waals surface area contributed by atoms with Crippen molar-refractivity contribution in [2.45, 2.75) is 87.5 Å². The summed E-state index contributed by atoms with van der Waals surface area (Å²) < 4.78 is 97.2. The maximum atomic E-state index is 16.6. The van der Waals surface area contributed by atoms with Gasteiger partial charge in [-0.3, -0.25) is 28.9 Å². The molecule has 3 saturated heterocycles. The average molecular weight is 1100 g/mol. The molecule has 2 aromatic heterocycles. The summed E-state index contributed by atoms with van der Waals surface area (Å²) in [5.41, 5.74) is 2.30. The van der Waals surface area contributed by atoms with Gasteiger partial charge < -0.3 is 33.5 Å². The van der Waals surface area contributed by atoms with Gasteiger partial charge in [-0.25, -0.2) is 26.9 Å². The maximum Gasteiger partial charge on any atom is 0.293 e. The molecule has 4 aromatic carbocycles. The lowest BCUT2D eigenvalue weighted by molar-refractivity contribution is -0.384. The molecule has 18 nitrogen and oxygen atoms in total. The molecule has 77 heavy (non-hydrogen) atoms. The van der Waals surface area contributed by atoms with Crippen molar-refractivity contribution in [1.29, 1.82) is 0 Å². The second-order valence-corrected chi connectivity index (χ2v) is 23.8. The number of nitro groups is 1. The van der Waals surface area contributed by atoms with Gasteiger partial charge in [0.2, 0.25) is 0 Å². The number of ether oxygens (including phenoxy) is 2. The number of hydrogen-bond acceptors (Lipinski definition) is 14. The number of alkyl halides is 1. The number of amides is 1. The number of aromatic amines is 1. The van der Waals surface area contributed by atoms with E-state index >= 15 is 8.78 Å². The summed E-state index contributed by atoms with van der Waals surface area (Å²) in [6.45, 7) is 8.95. The molecule has 1 saturated carbocycles. The van der Waals surface area contributed by atoms with E-state index in [2.05, 4.69) is 63.2 Å². The molecule has 4 aliphatic rings. The zero-order valence-electron chi connectivity index (χ0n) is 43.1. The van der Waals surface area contributed by atoms with Crippen LogP contribution in [-0.2, 0) is 32.6 Å². The Balaban J connectivity index is 0.845. The highest BCUT2D eigenvalue weighted by atomic mass is 32.2. The molecule has 0 radical (unpaired) electrons. The van der Waals surface area contributed by atoms with E-state index in [1.54, 1.807) is 18.3 Å². The first-order valence-electron chi connectivity index (χ1n) is 25.9. The first-order chi connectivity index (χ1) is 36.9. The van der Waals surface area contributed by atoms with Gasteiger partial charge in [-0.2, -0.15) is 0 Å². The molecule has 22 heteroatoms. The van der Waals surface area contributed by atoms with Gasteiger partial charge in [0, 0.05) is 132 Å². The molecule has 1 spiro atoms. The average Bonchev–Trinajstić information content (AvgIpc) is 3.94. The number of sulfonamides is 1. The first kappa shape index (κ1) is 53.8. The number of carbonyl (C=O) groups is 1. The third-order valence-corrected chi connectivity index (χ3v) is 18.0. The molecular weight excluding hydrogens is 1030 g/mol. The maximum absolute atomic E-state index is 16.6. The van der Waals surface area contributed by atoms with E-state index in [4.69, 9.17) is 9.47 Å². The second-order valence-electron chi connectivity index (χ2n) is 21.2. The van der Waals surface area contributed by atoms with Crippen LogP contribution < -0.4 is 24.0 Å². The molecule has 1 aliphatic carbocycles. The quantitative estimate of drug-likeness (QED) is 0.0441. The Labute approximate surface area is 448 Å². The summed E-state index contributed by atoms with van der Waals surface area (Å²) in [5, 5.41) is 15.6. The van der Waals surface area contributed by atoms with Crippen molar-refractivity contribution < 1.29 is 45.2 Å². The normalized spacial score (nSPS) is 19.5. The van der Waals surface area contributed by atoms with Crippen LogP contribution in [0.25, 0.3) is 11.0 Å². The molecule has 3 N–H and O–H groups in total. The lowest BCUT2D eigenvalue weighted by atomic mass is 9.59. The number of nitrogens with one attached hydrogen (secondary N) is 3. The molecule has 3 aliphatic heterocycles. The summed E-state index contributed by atoms with van der Waals surface area (Å²) in [5.74, 6) is -1.61. The van der Waals surface area contributed by atoms with Gasteiger partial charge in [0.15, 0.2) is 0 Å². The Kier molecular flexibility index (Phi) is 15.4. The fraction of sp³-hybridized carbons (Fsp3) is 0.418. The van der Waals surface area contributed by atoms with Crippen molar-refractivity contribution in [3.8, 4) is 11.5 Å². The smallest absolute Gasteiger partial charge is 0.293 e. The molecule has 0 bridgehead atoms. The minimum Gasteiger partial charge on any atom is -0.755 e. The molecule has 1 amide bonds. The number of carbonyl (C=O) groups excluding carboxylic acids is 1. The van der Waals surface area contributed by atoms with E-state index in [1.807, 2.05) is 33.9 Å². The molecule has 2 atom stereocenters. The number of piperidine rings is 1. The van der Waals surface area contributed by atoms with Crippen molar-refractivity contribution in [2.24, 2.45) is 5.41 Å². The standard InChI is InChI=1S/C55H63F2N9O9S2/c1-36(2)43-6-4-5-7-44(43)50-34-63(33-37-8-10-39(11-9-37)62(3)76(70)71)22-23-65(50)40-30-54(31-40)15-20-64(21-16-54)48-29-51(75-41-26-38-14-19-58-52(38)59-32-41)45(28-46(48)56)53(67)61-77(72,73)42-12-13-47(49(27-42)66(68)69)60-35-55(57)17-24-74-25-18-55/h4-14,19,26-29,32,36,40,50,60H,15-18,20-25,30-31,33-35H2,1-3H3,(H,58,59)(H,61,67)(H,70,71)/p-1/t50-/m0/s1. The Hall–Kier alpha value is -6.56. The van der Waals surface area contributed by atoms with E-state index in [0.717, 1.165) is 81.7 Å². The number of benzene rings is 4. The number of piperazine rings is 1. The van der Waals surface area contributed by atoms with Crippen LogP contribution in [0.5, 0.6) is 11.5 Å². The predicted molar refractivity (Wildman–Crippen MR) is 289 cm³/mol. The van der Waals surface area contributed by atoms with Gasteiger partial charge in [-0.15, -0.1) is 0 Å². The summed E-state index contributed by atoms with van der Waals surface area (Å²) in [6, 6.07) is 25.6. The molecule has 6 aromatic rings. The van der Waals surface area contributed by atoms with Crippen molar-refractivity contribution in [2.75, 3.05) is 74.1 Å². The number of pyridine rings is 1. The fourth-order valence-electron chi connectivity index (χ4n) is 11.5. The number of nitro benzene ring substituents is 1. The molecule has 4 fully saturated rings. The van der Waals surface area contributed by atoms with Gasteiger partial charge in [0.05, 0.1) is 27.3 Å². The summed E-state index contributed by atoms with van der Waals surface area (Å²) in [4.78, 5) is 39.3. The number of H-pyrrole nitrogens is 1. The Morgan fingerprint density at radius 2 is 1.74 bits per heavy atom.